The Morgan fingerprint density at radius 3 is 2.94 bits per heavy atom. The second-order valence-electron chi connectivity index (χ2n) is 3.50. The lowest BCUT2D eigenvalue weighted by molar-refractivity contribution is 0.111. The first-order valence-electron chi connectivity index (χ1n) is 5.28. The summed E-state index contributed by atoms with van der Waals surface area (Å²) in [7, 11) is 1.61. The number of aldehydes is 1. The SMILES string of the molecule is COCCn1nc(-c2ccccn2)cc1C=O. The van der Waals surface area contributed by atoms with Crippen LogP contribution < -0.4 is 0 Å². The fraction of sp³-hybridized carbons (Fsp3) is 0.250. The van der Waals surface area contributed by atoms with Gasteiger partial charge in [0.2, 0.25) is 0 Å². The van der Waals surface area contributed by atoms with Gasteiger partial charge in [-0.2, -0.15) is 5.10 Å². The molecule has 2 aromatic heterocycles. The van der Waals surface area contributed by atoms with Crippen LogP contribution in [0.1, 0.15) is 10.5 Å². The Bertz CT molecular complexity index is 494. The van der Waals surface area contributed by atoms with Crippen LogP contribution >= 0.6 is 0 Å². The van der Waals surface area contributed by atoms with Crippen LogP contribution in [0.15, 0.2) is 30.5 Å². The molecule has 0 N–H and O–H groups in total. The van der Waals surface area contributed by atoms with E-state index >= 15 is 0 Å². The zero-order valence-electron chi connectivity index (χ0n) is 9.54. The van der Waals surface area contributed by atoms with Gasteiger partial charge in [0.05, 0.1) is 18.8 Å². The molecule has 0 spiro atoms. The first kappa shape index (κ1) is 11.5. The van der Waals surface area contributed by atoms with Crippen LogP contribution in [0.5, 0.6) is 0 Å². The number of ether oxygens (including phenoxy) is 1. The first-order chi connectivity index (χ1) is 8.35. The first-order valence-corrected chi connectivity index (χ1v) is 5.28. The second-order valence-corrected chi connectivity index (χ2v) is 3.50. The number of carbonyl (C=O) groups is 1. The largest absolute Gasteiger partial charge is 0.383 e. The lowest BCUT2D eigenvalue weighted by Gasteiger charge is -2.01. The van der Waals surface area contributed by atoms with Crippen molar-refractivity contribution in [2.24, 2.45) is 0 Å². The number of nitrogens with zero attached hydrogens (tertiary/aromatic N) is 3. The van der Waals surface area contributed by atoms with Crippen LogP contribution in [0.2, 0.25) is 0 Å². The summed E-state index contributed by atoms with van der Waals surface area (Å²) >= 11 is 0. The minimum Gasteiger partial charge on any atom is -0.383 e. The minimum atomic E-state index is 0.518. The normalized spacial score (nSPS) is 10.4. The molecule has 0 bridgehead atoms. The van der Waals surface area contributed by atoms with Gasteiger partial charge in [0.1, 0.15) is 11.4 Å². The monoisotopic (exact) mass is 231 g/mol. The predicted molar refractivity (Wildman–Crippen MR) is 62.7 cm³/mol. The van der Waals surface area contributed by atoms with E-state index in [9.17, 15) is 4.79 Å². The average Bonchev–Trinajstić information content (AvgIpc) is 2.80. The summed E-state index contributed by atoms with van der Waals surface area (Å²) in [5.41, 5.74) is 1.98. The highest BCUT2D eigenvalue weighted by atomic mass is 16.5. The Balaban J connectivity index is 2.31. The summed E-state index contributed by atoms with van der Waals surface area (Å²) in [5, 5.41) is 4.33. The Morgan fingerprint density at radius 2 is 2.29 bits per heavy atom. The molecule has 0 aliphatic rings. The summed E-state index contributed by atoms with van der Waals surface area (Å²) in [4.78, 5) is 15.1. The molecule has 5 nitrogen and oxygen atoms in total. The molecule has 0 aliphatic heterocycles. The lowest BCUT2D eigenvalue weighted by atomic mass is 10.2. The average molecular weight is 231 g/mol. The molecule has 0 fully saturated rings. The van der Waals surface area contributed by atoms with Gasteiger partial charge in [-0.15, -0.1) is 0 Å². The molecule has 88 valence electrons. The zero-order valence-corrected chi connectivity index (χ0v) is 9.54. The third-order valence-corrected chi connectivity index (χ3v) is 2.37. The molecular formula is C12H13N3O2. The predicted octanol–water partition coefficient (Wildman–Crippen LogP) is 1.40. The number of pyridine rings is 1. The van der Waals surface area contributed by atoms with Crippen molar-refractivity contribution < 1.29 is 9.53 Å². The molecule has 0 saturated heterocycles. The highest BCUT2D eigenvalue weighted by Crippen LogP contribution is 2.15. The maximum Gasteiger partial charge on any atom is 0.168 e. The van der Waals surface area contributed by atoms with Gasteiger partial charge in [-0.1, -0.05) is 6.07 Å². The van der Waals surface area contributed by atoms with Gasteiger partial charge >= 0.3 is 0 Å². The van der Waals surface area contributed by atoms with Crippen molar-refractivity contribution in [3.63, 3.8) is 0 Å². The highest BCUT2D eigenvalue weighted by molar-refractivity contribution is 5.75. The van der Waals surface area contributed by atoms with Gasteiger partial charge in [-0.25, -0.2) is 0 Å². The topological polar surface area (TPSA) is 57.0 Å². The molecule has 0 atom stereocenters. The highest BCUT2D eigenvalue weighted by Gasteiger charge is 2.09. The van der Waals surface area contributed by atoms with Crippen molar-refractivity contribution in [3.8, 4) is 11.4 Å². The molecule has 2 heterocycles. The molecule has 2 rings (SSSR count). The van der Waals surface area contributed by atoms with Crippen molar-refractivity contribution >= 4 is 6.29 Å². The maximum atomic E-state index is 10.9. The summed E-state index contributed by atoms with van der Waals surface area (Å²) in [6.07, 6.45) is 2.49. The van der Waals surface area contributed by atoms with E-state index in [0.717, 1.165) is 12.0 Å². The number of methoxy groups -OCH3 is 1. The Hall–Kier alpha value is -2.01. The van der Waals surface area contributed by atoms with Gasteiger partial charge in [0.25, 0.3) is 0 Å². The van der Waals surface area contributed by atoms with Gasteiger partial charge in [-0.3, -0.25) is 14.5 Å². The minimum absolute atomic E-state index is 0.518. The Kier molecular flexibility index (Phi) is 3.62. The Labute approximate surface area is 99.1 Å². The van der Waals surface area contributed by atoms with Gasteiger partial charge in [-0.05, 0) is 18.2 Å². The zero-order chi connectivity index (χ0) is 12.1. The Morgan fingerprint density at radius 1 is 1.41 bits per heavy atom. The molecule has 0 aliphatic carbocycles. The summed E-state index contributed by atoms with van der Waals surface area (Å²) in [5.74, 6) is 0. The molecule has 0 saturated carbocycles. The molecule has 0 radical (unpaired) electrons. The van der Waals surface area contributed by atoms with Crippen LogP contribution in [-0.2, 0) is 11.3 Å². The van der Waals surface area contributed by atoms with E-state index in [1.165, 1.54) is 0 Å². The lowest BCUT2D eigenvalue weighted by Crippen LogP contribution is -2.08. The van der Waals surface area contributed by atoms with Crippen LogP contribution in [-0.4, -0.2) is 34.8 Å². The van der Waals surface area contributed by atoms with E-state index in [1.807, 2.05) is 18.2 Å². The van der Waals surface area contributed by atoms with E-state index in [0.29, 0.717) is 24.5 Å². The van der Waals surface area contributed by atoms with E-state index in [-0.39, 0.29) is 0 Å². The quantitative estimate of drug-likeness (QED) is 0.730. The number of rotatable bonds is 5. The van der Waals surface area contributed by atoms with Gasteiger partial charge in [0.15, 0.2) is 6.29 Å². The fourth-order valence-electron chi connectivity index (χ4n) is 1.52. The molecule has 0 amide bonds. The molecule has 0 aromatic carbocycles. The van der Waals surface area contributed by atoms with Crippen molar-refractivity contribution in [1.29, 1.82) is 0 Å². The van der Waals surface area contributed by atoms with E-state index in [2.05, 4.69) is 10.1 Å². The maximum absolute atomic E-state index is 10.9. The summed E-state index contributed by atoms with van der Waals surface area (Å²) < 4.78 is 6.59. The molecular weight excluding hydrogens is 218 g/mol. The van der Waals surface area contributed by atoms with Crippen LogP contribution in [0.25, 0.3) is 11.4 Å². The van der Waals surface area contributed by atoms with Crippen molar-refractivity contribution in [1.82, 2.24) is 14.8 Å². The smallest absolute Gasteiger partial charge is 0.168 e. The molecule has 17 heavy (non-hydrogen) atoms. The molecule has 0 unspecified atom stereocenters. The number of aromatic nitrogens is 3. The van der Waals surface area contributed by atoms with Crippen molar-refractivity contribution in [2.75, 3.05) is 13.7 Å². The third kappa shape index (κ3) is 2.57. The summed E-state index contributed by atoms with van der Waals surface area (Å²) in [6, 6.07) is 7.31. The number of hydrogen-bond acceptors (Lipinski definition) is 4. The third-order valence-electron chi connectivity index (χ3n) is 2.37. The molecule has 5 heteroatoms. The number of hydrogen-bond donors (Lipinski definition) is 0. The van der Waals surface area contributed by atoms with E-state index in [4.69, 9.17) is 4.74 Å². The van der Waals surface area contributed by atoms with E-state index in [1.54, 1.807) is 24.1 Å². The van der Waals surface area contributed by atoms with Crippen LogP contribution in [0.3, 0.4) is 0 Å². The van der Waals surface area contributed by atoms with Crippen molar-refractivity contribution in [3.05, 3.63) is 36.2 Å². The molecule has 2 aromatic rings. The summed E-state index contributed by atoms with van der Waals surface area (Å²) in [6.45, 7) is 1.07. The van der Waals surface area contributed by atoms with Crippen molar-refractivity contribution in [2.45, 2.75) is 6.54 Å². The van der Waals surface area contributed by atoms with Gasteiger partial charge < -0.3 is 4.74 Å². The van der Waals surface area contributed by atoms with E-state index < -0.39 is 0 Å². The van der Waals surface area contributed by atoms with Gasteiger partial charge in [0, 0.05) is 13.3 Å². The van der Waals surface area contributed by atoms with Crippen LogP contribution in [0, 0.1) is 0 Å². The standard InChI is InChI=1S/C12H13N3O2/c1-17-7-6-15-10(9-16)8-12(14-15)11-4-2-3-5-13-11/h2-5,8-9H,6-7H2,1H3. The number of carbonyl (C=O) groups excluding carboxylic acids is 1. The second kappa shape index (κ2) is 5.36. The van der Waals surface area contributed by atoms with Crippen LogP contribution in [0.4, 0.5) is 0 Å². The fourth-order valence-corrected chi connectivity index (χ4v) is 1.52.